The van der Waals surface area contributed by atoms with Gasteiger partial charge in [-0.3, -0.25) is 52.7 Å². The van der Waals surface area contributed by atoms with E-state index < -0.39 is 170 Å². The molecule has 79 heavy (non-hydrogen) atoms. The number of carbonyl (C=O) groups excluding carboxylic acids is 11. The summed E-state index contributed by atoms with van der Waals surface area (Å²) >= 11 is 0. The third-order valence-corrected chi connectivity index (χ3v) is 13.4. The number of nitrogens with two attached hydrogens (primary N) is 4. The molecule has 1 fully saturated rings. The fourth-order valence-corrected chi connectivity index (χ4v) is 8.87. The molecule has 13 atom stereocenters. The number of Topliss-reactive ketones (excluding diaryl/α,β-unsaturated/α-hetero) is 3. The number of aliphatic hydroxyl groups is 4. The summed E-state index contributed by atoms with van der Waals surface area (Å²) in [7, 11) is 0. The van der Waals surface area contributed by atoms with Gasteiger partial charge in [-0.25, -0.2) is 0 Å². The molecule has 0 saturated carbocycles. The Morgan fingerprint density at radius 1 is 0.595 bits per heavy atom. The van der Waals surface area contributed by atoms with E-state index in [1.807, 2.05) is 0 Å². The Labute approximate surface area is 463 Å². The van der Waals surface area contributed by atoms with Crippen molar-refractivity contribution < 1.29 is 73.2 Å². The van der Waals surface area contributed by atoms with E-state index in [1.165, 1.54) is 20.8 Å². The molecule has 1 aliphatic rings. The number of hydrogen-bond donors (Lipinski definition) is 16. The van der Waals surface area contributed by atoms with E-state index in [2.05, 4.69) is 56.4 Å². The Balaban J connectivity index is 3.76. The van der Waals surface area contributed by atoms with E-state index in [4.69, 9.17) is 22.9 Å². The minimum absolute atomic E-state index is 0.0332. The van der Waals surface area contributed by atoms with Crippen molar-refractivity contribution >= 4 is 64.6 Å². The number of ketones is 3. The Morgan fingerprint density at radius 2 is 1.13 bits per heavy atom. The van der Waals surface area contributed by atoms with Gasteiger partial charge in [-0.1, -0.05) is 40.5 Å². The summed E-state index contributed by atoms with van der Waals surface area (Å²) in [5, 5.41) is 62.2. The van der Waals surface area contributed by atoms with Crippen molar-refractivity contribution in [3.05, 3.63) is 0 Å². The molecular weight excluding hydrogens is 1030 g/mol. The second-order valence-corrected chi connectivity index (χ2v) is 21.4. The van der Waals surface area contributed by atoms with Crippen LogP contribution < -0.4 is 65.5 Å². The molecule has 8 amide bonds. The van der Waals surface area contributed by atoms with Gasteiger partial charge in [-0.05, 0) is 104 Å². The number of nitrogens with one attached hydrogen (secondary N) is 8. The van der Waals surface area contributed by atoms with Gasteiger partial charge in [-0.15, -0.1) is 0 Å². The lowest BCUT2D eigenvalue weighted by Gasteiger charge is -2.28. The Hall–Kier alpha value is -5.55. The molecule has 1 saturated heterocycles. The minimum atomic E-state index is -1.70. The zero-order valence-electron chi connectivity index (χ0n) is 47.2. The SMILES string of the molecule is CC(C)CCCCC(=O)C[C@@H](CCN)C(=O)N[C@H](C(=O)C[C@H](CO)C(=O)N[C@H]1CCNC(=O)[C@H]([C@@H](C)O)NC(=O)[C@H](CCN)NC(=O)[C@H](CCN)NC(=O)[C@H]([C@@H](C)O)NC(=O)[C@@H](CC(C)C)CC(=O)[C@H](CCN)NC1=O)[C@@H](C)O. The first-order valence-corrected chi connectivity index (χ1v) is 27.6. The van der Waals surface area contributed by atoms with Crippen molar-refractivity contribution in [2.45, 2.75) is 193 Å². The van der Waals surface area contributed by atoms with Crippen LogP contribution in [0.4, 0.5) is 0 Å². The van der Waals surface area contributed by atoms with Crippen LogP contribution in [0.5, 0.6) is 0 Å². The molecule has 0 unspecified atom stereocenters. The van der Waals surface area contributed by atoms with Crippen molar-refractivity contribution in [3.8, 4) is 0 Å². The molecule has 0 aromatic heterocycles. The maximum atomic E-state index is 14.3. The lowest BCUT2D eigenvalue weighted by Crippen LogP contribution is -2.61. The van der Waals surface area contributed by atoms with Crippen LogP contribution in [0.15, 0.2) is 0 Å². The Kier molecular flexibility index (Phi) is 33.8. The second-order valence-electron chi connectivity index (χ2n) is 21.4. The van der Waals surface area contributed by atoms with Crippen LogP contribution in [0.3, 0.4) is 0 Å². The van der Waals surface area contributed by atoms with E-state index >= 15 is 0 Å². The summed E-state index contributed by atoms with van der Waals surface area (Å²) in [6, 6.07) is -11.0. The van der Waals surface area contributed by atoms with Gasteiger partial charge in [0.15, 0.2) is 11.6 Å². The molecule has 20 N–H and O–H groups in total. The van der Waals surface area contributed by atoms with Gasteiger partial charge in [0.25, 0.3) is 0 Å². The number of carbonyl (C=O) groups is 11. The zero-order valence-corrected chi connectivity index (χ0v) is 47.2. The average molecular weight is 1130 g/mol. The van der Waals surface area contributed by atoms with Crippen LogP contribution in [0, 0.1) is 29.6 Å². The number of unbranched alkanes of at least 4 members (excludes halogenated alkanes) is 1. The third-order valence-electron chi connectivity index (χ3n) is 13.4. The maximum absolute atomic E-state index is 14.3. The fourth-order valence-electron chi connectivity index (χ4n) is 8.87. The molecule has 0 radical (unpaired) electrons. The average Bonchev–Trinajstić information content (AvgIpc) is 3.36. The topological polar surface area (TPSA) is 469 Å². The van der Waals surface area contributed by atoms with Gasteiger partial charge in [0, 0.05) is 44.1 Å². The molecule has 452 valence electrons. The molecular formula is C52H94N12O15. The Morgan fingerprint density at radius 3 is 1.65 bits per heavy atom. The predicted octanol–water partition coefficient (Wildman–Crippen LogP) is -4.58. The molecule has 1 rings (SSSR count). The number of hydrogen-bond acceptors (Lipinski definition) is 19. The van der Waals surface area contributed by atoms with Crippen molar-refractivity contribution in [3.63, 3.8) is 0 Å². The highest BCUT2D eigenvalue weighted by Crippen LogP contribution is 2.20. The number of rotatable bonds is 28. The molecule has 1 aliphatic heterocycles. The molecule has 27 heteroatoms. The van der Waals surface area contributed by atoms with E-state index in [9.17, 15) is 73.2 Å². The van der Waals surface area contributed by atoms with Crippen molar-refractivity contribution in [1.29, 1.82) is 0 Å². The van der Waals surface area contributed by atoms with Gasteiger partial charge in [-0.2, -0.15) is 0 Å². The van der Waals surface area contributed by atoms with Crippen molar-refractivity contribution in [1.82, 2.24) is 42.5 Å². The van der Waals surface area contributed by atoms with Crippen LogP contribution >= 0.6 is 0 Å². The zero-order chi connectivity index (χ0) is 60.1. The van der Waals surface area contributed by atoms with Gasteiger partial charge < -0.3 is 85.9 Å². The highest BCUT2D eigenvalue weighted by Gasteiger charge is 2.38. The summed E-state index contributed by atoms with van der Waals surface area (Å²) in [6.07, 6.45) is -4.43. The molecule has 0 bridgehead atoms. The highest BCUT2D eigenvalue weighted by molar-refractivity contribution is 5.99. The molecule has 0 aromatic carbocycles. The fraction of sp³-hybridized carbons (Fsp3) is 0.788. The standard InChI is InChI=1S/C52H94N12O15/c1-27(2)10-8-9-11-35(69)23-32(12-17-53)45(72)62-42(29(5)66)41(71)25-34(26-65)47(74)59-39-16-21-57-51(78)43(30(6)67)64-50(77)38(15-20-56)60-48(75)37(14-19-55)61-52(79)44(31(7)68)63-46(73)33(22-28(3)4)24-40(70)36(13-18-54)58-49(39)76/h27-34,36-39,42-44,65-68H,8-26,53-56H2,1-7H3,(H,57,78)(H,58,76)(H,59,74)(H,60,75)(H,61,79)(H,62,72)(H,63,73)(H,64,77)/t29-,30-,31-,32-,33+,34-,36+,37+,38+,39+,42+,43+,44+/m1/s1. The van der Waals surface area contributed by atoms with Crippen molar-refractivity contribution in [2.24, 2.45) is 52.5 Å². The first-order chi connectivity index (χ1) is 37.1. The highest BCUT2D eigenvalue weighted by atomic mass is 16.3. The maximum Gasteiger partial charge on any atom is 0.245 e. The molecule has 0 aromatic rings. The van der Waals surface area contributed by atoms with E-state index in [1.54, 1.807) is 13.8 Å². The van der Waals surface area contributed by atoms with Crippen molar-refractivity contribution in [2.75, 3.05) is 39.3 Å². The summed E-state index contributed by atoms with van der Waals surface area (Å²) in [4.78, 5) is 151. The summed E-state index contributed by atoms with van der Waals surface area (Å²) in [5.41, 5.74) is 23.2. The lowest BCUT2D eigenvalue weighted by molar-refractivity contribution is -0.138. The van der Waals surface area contributed by atoms with Crippen LogP contribution in [-0.2, 0) is 52.7 Å². The Bertz CT molecular complexity index is 2010. The van der Waals surface area contributed by atoms with Crippen LogP contribution in [0.1, 0.15) is 132 Å². The summed E-state index contributed by atoms with van der Waals surface area (Å²) in [5.74, 6) is -12.9. The van der Waals surface area contributed by atoms with Crippen LogP contribution in [0.25, 0.3) is 0 Å². The van der Waals surface area contributed by atoms with Gasteiger partial charge in [0.1, 0.15) is 42.0 Å². The van der Waals surface area contributed by atoms with E-state index in [0.717, 1.165) is 12.8 Å². The van der Waals surface area contributed by atoms with Crippen LogP contribution in [-0.4, -0.2) is 185 Å². The molecule has 0 spiro atoms. The lowest BCUT2D eigenvalue weighted by atomic mass is 9.88. The molecule has 27 nitrogen and oxygen atoms in total. The molecule has 1 heterocycles. The smallest absolute Gasteiger partial charge is 0.245 e. The molecule has 0 aliphatic carbocycles. The quantitative estimate of drug-likeness (QED) is 0.0328. The van der Waals surface area contributed by atoms with E-state index in [-0.39, 0.29) is 82.8 Å². The van der Waals surface area contributed by atoms with Gasteiger partial charge in [0.05, 0.1) is 36.9 Å². The van der Waals surface area contributed by atoms with Gasteiger partial charge >= 0.3 is 0 Å². The predicted molar refractivity (Wildman–Crippen MR) is 290 cm³/mol. The largest absolute Gasteiger partial charge is 0.396 e. The monoisotopic (exact) mass is 1130 g/mol. The second kappa shape index (κ2) is 37.4. The minimum Gasteiger partial charge on any atom is -0.396 e. The van der Waals surface area contributed by atoms with Gasteiger partial charge in [0.2, 0.25) is 47.3 Å². The third kappa shape index (κ3) is 26.1. The normalized spacial score (nSPS) is 24.1. The number of aliphatic hydroxyl groups excluding tert-OH is 4. The summed E-state index contributed by atoms with van der Waals surface area (Å²) < 4.78 is 0. The van der Waals surface area contributed by atoms with Crippen LogP contribution in [0.2, 0.25) is 0 Å². The first kappa shape index (κ1) is 71.5. The van der Waals surface area contributed by atoms with E-state index in [0.29, 0.717) is 12.3 Å². The number of amides is 8. The first-order valence-electron chi connectivity index (χ1n) is 27.6. The summed E-state index contributed by atoms with van der Waals surface area (Å²) in [6.45, 7) is 9.31.